The van der Waals surface area contributed by atoms with Crippen LogP contribution in [-0.2, 0) is 4.79 Å². The fourth-order valence-electron chi connectivity index (χ4n) is 1.17. The third-order valence-corrected chi connectivity index (χ3v) is 2.06. The second kappa shape index (κ2) is 2.88. The van der Waals surface area contributed by atoms with Crippen LogP contribution in [0.1, 0.15) is 0 Å². The largest absolute Gasteiger partial charge is 0.374 e. The average Bonchev–Trinajstić information content (AvgIpc) is 2.08. The molecule has 1 amide bonds. The summed E-state index contributed by atoms with van der Waals surface area (Å²) >= 11 is 5.54. The van der Waals surface area contributed by atoms with Crippen LogP contribution in [0, 0.1) is 5.82 Å². The molecule has 0 saturated heterocycles. The molecule has 1 aromatic carbocycles. The highest BCUT2D eigenvalue weighted by Crippen LogP contribution is 2.30. The van der Waals surface area contributed by atoms with Gasteiger partial charge in [-0.2, -0.15) is 0 Å². The van der Waals surface area contributed by atoms with Crippen molar-refractivity contribution in [3.05, 3.63) is 23.0 Å². The Labute approximate surface area is 78.9 Å². The van der Waals surface area contributed by atoms with Crippen LogP contribution in [0.5, 0.6) is 0 Å². The lowest BCUT2D eigenvalue weighted by atomic mass is 10.2. The summed E-state index contributed by atoms with van der Waals surface area (Å²) in [5.74, 6) is -0.653. The van der Waals surface area contributed by atoms with Crippen LogP contribution in [0.25, 0.3) is 0 Å². The summed E-state index contributed by atoms with van der Waals surface area (Å²) in [7, 11) is 0. The topological polar surface area (TPSA) is 41.1 Å². The van der Waals surface area contributed by atoms with Gasteiger partial charge in [-0.15, -0.1) is 0 Å². The summed E-state index contributed by atoms with van der Waals surface area (Å²) in [5, 5.41) is 5.35. The van der Waals surface area contributed by atoms with Gasteiger partial charge in [0.2, 0.25) is 5.91 Å². The van der Waals surface area contributed by atoms with Gasteiger partial charge in [0.25, 0.3) is 0 Å². The quantitative estimate of drug-likeness (QED) is 0.671. The second-order valence-electron chi connectivity index (χ2n) is 2.71. The van der Waals surface area contributed by atoms with Crippen molar-refractivity contribution in [3.63, 3.8) is 0 Å². The van der Waals surface area contributed by atoms with Gasteiger partial charge in [0.05, 0.1) is 22.9 Å². The van der Waals surface area contributed by atoms with E-state index in [9.17, 15) is 9.18 Å². The van der Waals surface area contributed by atoms with Crippen LogP contribution in [0.15, 0.2) is 12.1 Å². The van der Waals surface area contributed by atoms with Crippen LogP contribution < -0.4 is 10.6 Å². The molecular weight excluding hydrogens is 195 g/mol. The van der Waals surface area contributed by atoms with E-state index in [1.165, 1.54) is 12.1 Å². The van der Waals surface area contributed by atoms with Crippen LogP contribution >= 0.6 is 11.6 Å². The van der Waals surface area contributed by atoms with Gasteiger partial charge >= 0.3 is 0 Å². The Morgan fingerprint density at radius 2 is 2.15 bits per heavy atom. The molecule has 0 radical (unpaired) electrons. The van der Waals surface area contributed by atoms with Crippen LogP contribution in [-0.4, -0.2) is 12.5 Å². The number of nitrogens with one attached hydrogen (secondary N) is 2. The summed E-state index contributed by atoms with van der Waals surface area (Å²) in [4.78, 5) is 10.9. The monoisotopic (exact) mass is 200 g/mol. The smallest absolute Gasteiger partial charge is 0.243 e. The van der Waals surface area contributed by atoms with E-state index >= 15 is 0 Å². The van der Waals surface area contributed by atoms with Crippen molar-refractivity contribution in [1.82, 2.24) is 0 Å². The number of anilines is 2. The van der Waals surface area contributed by atoms with E-state index in [0.717, 1.165) is 0 Å². The maximum absolute atomic E-state index is 12.9. The molecular formula is C8H6ClFN2O. The zero-order chi connectivity index (χ0) is 9.42. The van der Waals surface area contributed by atoms with E-state index in [-0.39, 0.29) is 17.5 Å². The van der Waals surface area contributed by atoms with Crippen molar-refractivity contribution in [1.29, 1.82) is 0 Å². The summed E-state index contributed by atoms with van der Waals surface area (Å²) < 4.78 is 12.9. The van der Waals surface area contributed by atoms with Crippen molar-refractivity contribution < 1.29 is 9.18 Å². The summed E-state index contributed by atoms with van der Waals surface area (Å²) in [5.41, 5.74) is 1.07. The number of hydrogen-bond donors (Lipinski definition) is 2. The molecule has 5 heteroatoms. The summed E-state index contributed by atoms with van der Waals surface area (Å²) in [6, 6.07) is 2.65. The zero-order valence-electron chi connectivity index (χ0n) is 6.53. The lowest BCUT2D eigenvalue weighted by Gasteiger charge is -2.18. The Kier molecular flexibility index (Phi) is 1.84. The van der Waals surface area contributed by atoms with Gasteiger partial charge in [0.1, 0.15) is 5.82 Å². The van der Waals surface area contributed by atoms with Gasteiger partial charge in [0.15, 0.2) is 0 Å². The van der Waals surface area contributed by atoms with E-state index in [2.05, 4.69) is 10.6 Å². The maximum atomic E-state index is 12.9. The number of rotatable bonds is 0. The summed E-state index contributed by atoms with van der Waals surface area (Å²) in [6.07, 6.45) is 0. The minimum atomic E-state index is -0.496. The summed E-state index contributed by atoms with van der Waals surface area (Å²) in [6.45, 7) is 0.161. The first-order valence-electron chi connectivity index (χ1n) is 3.69. The first kappa shape index (κ1) is 8.31. The van der Waals surface area contributed by atoms with E-state index in [1.54, 1.807) is 0 Å². The third kappa shape index (κ3) is 1.45. The highest BCUT2D eigenvalue weighted by atomic mass is 35.5. The first-order valence-corrected chi connectivity index (χ1v) is 4.07. The minimum absolute atomic E-state index is 0.00255. The second-order valence-corrected chi connectivity index (χ2v) is 3.12. The predicted molar refractivity (Wildman–Crippen MR) is 48.5 cm³/mol. The van der Waals surface area contributed by atoms with E-state index in [4.69, 9.17) is 11.6 Å². The fourth-order valence-corrected chi connectivity index (χ4v) is 1.33. The molecule has 0 aromatic heterocycles. The first-order chi connectivity index (χ1) is 6.16. The lowest BCUT2D eigenvalue weighted by molar-refractivity contribution is -0.114. The van der Waals surface area contributed by atoms with E-state index in [0.29, 0.717) is 11.4 Å². The highest BCUT2D eigenvalue weighted by Gasteiger charge is 2.15. The Balaban J connectivity index is 2.49. The molecule has 0 unspecified atom stereocenters. The average molecular weight is 201 g/mol. The molecule has 0 bridgehead atoms. The molecule has 1 aliphatic heterocycles. The highest BCUT2D eigenvalue weighted by molar-refractivity contribution is 6.31. The van der Waals surface area contributed by atoms with Gasteiger partial charge < -0.3 is 10.6 Å². The number of carbonyl (C=O) groups is 1. The fraction of sp³-hybridized carbons (Fsp3) is 0.125. The third-order valence-electron chi connectivity index (χ3n) is 1.77. The number of carbonyl (C=O) groups excluding carboxylic acids is 1. The normalized spacial score (nSPS) is 14.5. The molecule has 0 spiro atoms. The van der Waals surface area contributed by atoms with Gasteiger partial charge in [-0.05, 0) is 6.07 Å². The molecule has 68 valence electrons. The Hall–Kier alpha value is -1.29. The molecule has 13 heavy (non-hydrogen) atoms. The number of amides is 1. The molecule has 3 nitrogen and oxygen atoms in total. The van der Waals surface area contributed by atoms with E-state index < -0.39 is 5.82 Å². The van der Waals surface area contributed by atoms with Gasteiger partial charge in [-0.3, -0.25) is 4.79 Å². The molecule has 0 fully saturated rings. The number of hydrogen-bond acceptors (Lipinski definition) is 2. The van der Waals surface area contributed by atoms with Crippen molar-refractivity contribution in [2.45, 2.75) is 0 Å². The standard InChI is InChI=1S/C8H6ClFN2O/c9-4-1-7-6(2-5(4)10)11-3-8(13)12-7/h1-2,11H,3H2,(H,12,13). The molecule has 1 heterocycles. The van der Waals surface area contributed by atoms with Crippen molar-refractivity contribution in [3.8, 4) is 0 Å². The Morgan fingerprint density at radius 3 is 2.92 bits per heavy atom. The van der Waals surface area contributed by atoms with Crippen LogP contribution in [0.4, 0.5) is 15.8 Å². The molecule has 0 saturated carbocycles. The number of halogens is 2. The van der Waals surface area contributed by atoms with Gasteiger partial charge in [0, 0.05) is 6.07 Å². The SMILES string of the molecule is O=C1CNc2cc(F)c(Cl)cc2N1. The molecule has 1 aromatic rings. The maximum Gasteiger partial charge on any atom is 0.243 e. The number of benzene rings is 1. The molecule has 1 aliphatic rings. The zero-order valence-corrected chi connectivity index (χ0v) is 7.28. The number of fused-ring (bicyclic) bond motifs is 1. The molecule has 0 atom stereocenters. The van der Waals surface area contributed by atoms with Crippen LogP contribution in [0.2, 0.25) is 5.02 Å². The van der Waals surface area contributed by atoms with Crippen molar-refractivity contribution >= 4 is 28.9 Å². The van der Waals surface area contributed by atoms with Crippen molar-refractivity contribution in [2.24, 2.45) is 0 Å². The van der Waals surface area contributed by atoms with Crippen molar-refractivity contribution in [2.75, 3.05) is 17.2 Å². The lowest BCUT2D eigenvalue weighted by Crippen LogP contribution is -2.27. The molecule has 2 N–H and O–H groups in total. The van der Waals surface area contributed by atoms with Gasteiger partial charge in [-0.25, -0.2) is 4.39 Å². The van der Waals surface area contributed by atoms with E-state index in [1.807, 2.05) is 0 Å². The predicted octanol–water partition coefficient (Wildman–Crippen LogP) is 1.84. The minimum Gasteiger partial charge on any atom is -0.374 e. The molecule has 2 rings (SSSR count). The Bertz CT molecular complexity index is 381. The Morgan fingerprint density at radius 1 is 1.38 bits per heavy atom. The van der Waals surface area contributed by atoms with Crippen LogP contribution in [0.3, 0.4) is 0 Å². The van der Waals surface area contributed by atoms with Gasteiger partial charge in [-0.1, -0.05) is 11.6 Å². The molecule has 0 aliphatic carbocycles.